The highest BCUT2D eigenvalue weighted by molar-refractivity contribution is 7.58. The van der Waals surface area contributed by atoms with E-state index in [9.17, 15) is 19.8 Å². The molecule has 0 bridgehead atoms. The van der Waals surface area contributed by atoms with Crippen molar-refractivity contribution in [1.82, 2.24) is 20.2 Å². The molecule has 0 unspecified atom stereocenters. The van der Waals surface area contributed by atoms with Crippen molar-refractivity contribution in [2.45, 2.75) is 5.16 Å². The number of hydrogen-bond donors (Lipinski definition) is 0. The zero-order valence-electron chi connectivity index (χ0n) is 10.5. The fourth-order valence-electron chi connectivity index (χ4n) is 1.71. The van der Waals surface area contributed by atoms with E-state index < -0.39 is 25.0 Å². The number of carbonyl (C=O) groups excluding carboxylic acids is 2. The SMILES string of the molecule is O=C([O-])CN(CC(=O)[O-])c1cccc(-n2nnnc2[S-])c1. The van der Waals surface area contributed by atoms with Crippen molar-refractivity contribution in [3.63, 3.8) is 0 Å². The summed E-state index contributed by atoms with van der Waals surface area (Å²) in [5, 5.41) is 32.2. The van der Waals surface area contributed by atoms with Crippen LogP contribution in [0.3, 0.4) is 0 Å². The van der Waals surface area contributed by atoms with E-state index in [2.05, 4.69) is 15.5 Å². The van der Waals surface area contributed by atoms with Crippen LogP contribution in [0.5, 0.6) is 0 Å². The smallest absolute Gasteiger partial charge is 0.0684 e. The number of nitrogens with zero attached hydrogens (tertiary/aromatic N) is 5. The largest absolute Gasteiger partial charge is 0.738 e. The third-order valence-corrected chi connectivity index (χ3v) is 2.77. The number of rotatable bonds is 6. The first-order valence-corrected chi connectivity index (χ1v) is 6.08. The van der Waals surface area contributed by atoms with Gasteiger partial charge in [0.1, 0.15) is 0 Å². The Labute approximate surface area is 124 Å². The molecule has 1 aromatic carbocycles. The summed E-state index contributed by atoms with van der Waals surface area (Å²) in [4.78, 5) is 22.5. The summed E-state index contributed by atoms with van der Waals surface area (Å²) >= 11 is 4.92. The van der Waals surface area contributed by atoms with Crippen molar-refractivity contribution in [2.75, 3.05) is 18.0 Å². The molecule has 0 N–H and O–H groups in total. The molecule has 110 valence electrons. The van der Waals surface area contributed by atoms with Crippen LogP contribution in [0.2, 0.25) is 0 Å². The quantitative estimate of drug-likeness (QED) is 0.509. The summed E-state index contributed by atoms with van der Waals surface area (Å²) < 4.78 is 1.26. The van der Waals surface area contributed by atoms with Gasteiger partial charge in [0, 0.05) is 10.8 Å². The van der Waals surface area contributed by atoms with E-state index in [-0.39, 0.29) is 5.16 Å². The number of hydrogen-bond acceptors (Lipinski definition) is 9. The number of aromatic nitrogens is 4. The van der Waals surface area contributed by atoms with E-state index in [0.29, 0.717) is 11.4 Å². The van der Waals surface area contributed by atoms with Crippen molar-refractivity contribution >= 4 is 30.3 Å². The molecule has 0 aliphatic rings. The molecule has 2 aromatic rings. The third kappa shape index (κ3) is 3.63. The molecule has 1 aromatic heterocycles. The van der Waals surface area contributed by atoms with Gasteiger partial charge >= 0.3 is 0 Å². The normalized spacial score (nSPS) is 10.3. The number of tetrazole rings is 1. The zero-order chi connectivity index (χ0) is 15.4. The van der Waals surface area contributed by atoms with Crippen LogP contribution in [0.15, 0.2) is 29.4 Å². The number of aliphatic carboxylic acids is 2. The van der Waals surface area contributed by atoms with Crippen LogP contribution >= 0.6 is 0 Å². The lowest BCUT2D eigenvalue weighted by Gasteiger charge is -2.26. The molecule has 0 aliphatic carbocycles. The number of benzene rings is 1. The van der Waals surface area contributed by atoms with Crippen LogP contribution in [0.4, 0.5) is 5.69 Å². The highest BCUT2D eigenvalue weighted by Crippen LogP contribution is 2.18. The Morgan fingerprint density at radius 3 is 2.43 bits per heavy atom. The first-order chi connectivity index (χ1) is 9.97. The molecule has 2 rings (SSSR count). The van der Waals surface area contributed by atoms with Crippen molar-refractivity contribution in [3.05, 3.63) is 24.3 Å². The Morgan fingerprint density at radius 2 is 1.90 bits per heavy atom. The van der Waals surface area contributed by atoms with Gasteiger partial charge in [-0.2, -0.15) is 0 Å². The molecule has 0 atom stereocenters. The molecule has 21 heavy (non-hydrogen) atoms. The minimum absolute atomic E-state index is 0.124. The fraction of sp³-hybridized carbons (Fsp3) is 0.182. The van der Waals surface area contributed by atoms with E-state index in [1.54, 1.807) is 18.2 Å². The Kier molecular flexibility index (Phi) is 4.28. The van der Waals surface area contributed by atoms with Gasteiger partial charge in [0.2, 0.25) is 0 Å². The molecule has 0 saturated carbocycles. The third-order valence-electron chi connectivity index (χ3n) is 2.52. The summed E-state index contributed by atoms with van der Waals surface area (Å²) in [5.74, 6) is -2.82. The van der Waals surface area contributed by atoms with Crippen molar-refractivity contribution in [3.8, 4) is 5.69 Å². The van der Waals surface area contributed by atoms with E-state index in [4.69, 9.17) is 12.6 Å². The second kappa shape index (κ2) is 6.13. The molecule has 0 spiro atoms. The van der Waals surface area contributed by atoms with Crippen LogP contribution in [0.1, 0.15) is 0 Å². The van der Waals surface area contributed by atoms with E-state index in [1.807, 2.05) is 0 Å². The maximum Gasteiger partial charge on any atom is 0.0684 e. The Hall–Kier alpha value is -2.75. The monoisotopic (exact) mass is 306 g/mol. The maximum atomic E-state index is 10.7. The summed E-state index contributed by atoms with van der Waals surface area (Å²) in [7, 11) is 0. The van der Waals surface area contributed by atoms with Gasteiger partial charge in [-0.3, -0.25) is 0 Å². The van der Waals surface area contributed by atoms with E-state index in [0.717, 1.165) is 4.90 Å². The Morgan fingerprint density at radius 1 is 1.24 bits per heavy atom. The highest BCUT2D eigenvalue weighted by atomic mass is 32.1. The van der Waals surface area contributed by atoms with Gasteiger partial charge in [-0.1, -0.05) is 6.07 Å². The van der Waals surface area contributed by atoms with Gasteiger partial charge < -0.3 is 37.3 Å². The molecule has 10 heteroatoms. The predicted octanol–water partition coefficient (Wildman–Crippen LogP) is -3.13. The minimum atomic E-state index is -1.41. The molecule has 0 saturated heterocycles. The van der Waals surface area contributed by atoms with E-state index >= 15 is 0 Å². The topological polar surface area (TPSA) is 127 Å². The lowest BCUT2D eigenvalue weighted by atomic mass is 10.2. The molecular formula is C11H8N5O4S-3. The van der Waals surface area contributed by atoms with Gasteiger partial charge in [-0.15, -0.1) is 5.10 Å². The minimum Gasteiger partial charge on any atom is -0.738 e. The summed E-state index contributed by atoms with van der Waals surface area (Å²) in [6.45, 7) is -1.18. The number of carbonyl (C=O) groups is 2. The van der Waals surface area contributed by atoms with Crippen molar-refractivity contribution in [1.29, 1.82) is 0 Å². The molecule has 1 heterocycles. The van der Waals surface area contributed by atoms with Gasteiger partial charge in [-0.05, 0) is 28.6 Å². The second-order valence-corrected chi connectivity index (χ2v) is 4.36. The van der Waals surface area contributed by atoms with Gasteiger partial charge in [0.25, 0.3) is 0 Å². The summed E-state index contributed by atoms with van der Waals surface area (Å²) in [6, 6.07) is 6.30. The molecule has 0 fully saturated rings. The lowest BCUT2D eigenvalue weighted by molar-refractivity contribution is -0.304. The fourth-order valence-corrected chi connectivity index (χ4v) is 1.89. The molecular weight excluding hydrogens is 298 g/mol. The summed E-state index contributed by atoms with van der Waals surface area (Å²) in [6.07, 6.45) is 0. The molecule has 0 amide bonds. The molecule has 9 nitrogen and oxygen atoms in total. The zero-order valence-corrected chi connectivity index (χ0v) is 11.3. The lowest BCUT2D eigenvalue weighted by Crippen LogP contribution is -2.44. The predicted molar refractivity (Wildman–Crippen MR) is 67.0 cm³/mol. The molecule has 0 aliphatic heterocycles. The van der Waals surface area contributed by atoms with Gasteiger partial charge in [-0.25, -0.2) is 4.68 Å². The van der Waals surface area contributed by atoms with Crippen LogP contribution < -0.4 is 15.1 Å². The number of carboxylic acids is 2. The van der Waals surface area contributed by atoms with Crippen molar-refractivity contribution in [2.24, 2.45) is 0 Å². The average molecular weight is 306 g/mol. The maximum absolute atomic E-state index is 10.7. The van der Waals surface area contributed by atoms with Gasteiger partial charge in [0.05, 0.1) is 30.7 Å². The number of carboxylic acid groups (broad SMARTS) is 2. The van der Waals surface area contributed by atoms with Crippen LogP contribution in [-0.2, 0) is 22.2 Å². The van der Waals surface area contributed by atoms with E-state index in [1.165, 1.54) is 10.7 Å². The first-order valence-electron chi connectivity index (χ1n) is 5.68. The Bertz CT molecular complexity index is 658. The first kappa shape index (κ1) is 14.7. The van der Waals surface area contributed by atoms with Crippen LogP contribution in [0.25, 0.3) is 5.69 Å². The standard InChI is InChI=1S/C11H11N5O4S/c17-9(18)5-15(6-10(19)20)7-2-1-3-8(4-7)16-11(21)12-13-14-16/h1-4H,5-6H2,(H,17,18)(H,19,20)(H,12,14,21)/p-3. The number of anilines is 1. The van der Waals surface area contributed by atoms with Crippen LogP contribution in [-0.4, -0.2) is 45.2 Å². The molecule has 0 radical (unpaired) electrons. The highest BCUT2D eigenvalue weighted by Gasteiger charge is 2.09. The van der Waals surface area contributed by atoms with Crippen LogP contribution in [0, 0.1) is 0 Å². The summed E-state index contributed by atoms with van der Waals surface area (Å²) in [5.41, 5.74) is 0.815. The van der Waals surface area contributed by atoms with Crippen molar-refractivity contribution < 1.29 is 19.8 Å². The Balaban J connectivity index is 2.35. The second-order valence-electron chi connectivity index (χ2n) is 3.99. The average Bonchev–Trinajstić information content (AvgIpc) is 2.83. The van der Waals surface area contributed by atoms with Gasteiger partial charge in [0.15, 0.2) is 0 Å².